The molecule has 5 nitrogen and oxygen atoms in total. The number of hydrogen-bond acceptors (Lipinski definition) is 4. The van der Waals surface area contributed by atoms with E-state index in [0.29, 0.717) is 22.9 Å². The molecule has 1 N–H and O–H groups in total. The average molecular weight is 483 g/mol. The molecule has 1 aromatic carbocycles. The zero-order valence-electron chi connectivity index (χ0n) is 17.7. The van der Waals surface area contributed by atoms with Gasteiger partial charge in [0.2, 0.25) is 5.91 Å². The maximum absolute atomic E-state index is 13.8. The standard InChI is InChI=1S/C21H28BrFN2O3Si/c1-14(22)20(26)25-19-10-8-17(12-24-19)28-18-9-7-16(23)11-15(18)13-27-29(5,6)21(2,3)4/h7-12,14H,13H2,1-6H3,(H,24,25,26). The highest BCUT2D eigenvalue weighted by Gasteiger charge is 2.37. The molecule has 1 unspecified atom stereocenters. The van der Waals surface area contributed by atoms with Crippen molar-refractivity contribution >= 4 is 36.0 Å². The predicted molar refractivity (Wildman–Crippen MR) is 120 cm³/mol. The van der Waals surface area contributed by atoms with Gasteiger partial charge in [-0.25, -0.2) is 9.37 Å². The van der Waals surface area contributed by atoms with Gasteiger partial charge in [0.15, 0.2) is 8.32 Å². The second-order valence-corrected chi connectivity index (χ2v) is 14.6. The summed E-state index contributed by atoms with van der Waals surface area (Å²) < 4.78 is 26.0. The van der Waals surface area contributed by atoms with Gasteiger partial charge in [0.05, 0.1) is 17.6 Å². The van der Waals surface area contributed by atoms with E-state index in [4.69, 9.17) is 9.16 Å². The Hall–Kier alpha value is -1.77. The highest BCUT2D eigenvalue weighted by Crippen LogP contribution is 2.38. The van der Waals surface area contributed by atoms with Crippen molar-refractivity contribution in [2.75, 3.05) is 5.32 Å². The van der Waals surface area contributed by atoms with Crippen LogP contribution in [0.25, 0.3) is 0 Å². The first-order valence-electron chi connectivity index (χ1n) is 9.40. The summed E-state index contributed by atoms with van der Waals surface area (Å²) >= 11 is 3.21. The molecule has 1 amide bonds. The molecule has 158 valence electrons. The third-order valence-corrected chi connectivity index (χ3v) is 9.89. The minimum Gasteiger partial charge on any atom is -0.455 e. The van der Waals surface area contributed by atoms with Gasteiger partial charge in [-0.15, -0.1) is 0 Å². The van der Waals surface area contributed by atoms with Crippen molar-refractivity contribution in [2.24, 2.45) is 0 Å². The van der Waals surface area contributed by atoms with Gasteiger partial charge in [-0.05, 0) is 55.4 Å². The fraction of sp³-hybridized carbons (Fsp3) is 0.429. The molecule has 1 aromatic heterocycles. The predicted octanol–water partition coefficient (Wildman–Crippen LogP) is 6.26. The van der Waals surface area contributed by atoms with Gasteiger partial charge in [-0.3, -0.25) is 4.79 Å². The van der Waals surface area contributed by atoms with E-state index < -0.39 is 8.32 Å². The van der Waals surface area contributed by atoms with E-state index >= 15 is 0 Å². The molecular formula is C21H28BrFN2O3Si. The summed E-state index contributed by atoms with van der Waals surface area (Å²) in [6.45, 7) is 12.8. The zero-order chi connectivity index (χ0) is 21.8. The van der Waals surface area contributed by atoms with E-state index in [9.17, 15) is 9.18 Å². The number of hydrogen-bond donors (Lipinski definition) is 1. The van der Waals surface area contributed by atoms with E-state index in [-0.39, 0.29) is 28.2 Å². The Kier molecular flexibility index (Phi) is 7.59. The van der Waals surface area contributed by atoms with Crippen molar-refractivity contribution in [1.29, 1.82) is 0 Å². The summed E-state index contributed by atoms with van der Waals surface area (Å²) in [6, 6.07) is 7.72. The van der Waals surface area contributed by atoms with Crippen molar-refractivity contribution in [1.82, 2.24) is 4.98 Å². The highest BCUT2D eigenvalue weighted by molar-refractivity contribution is 9.10. The second-order valence-electron chi connectivity index (χ2n) is 8.39. The monoisotopic (exact) mass is 482 g/mol. The number of carbonyl (C=O) groups excluding carboxylic acids is 1. The van der Waals surface area contributed by atoms with Crippen LogP contribution in [0.2, 0.25) is 18.1 Å². The smallest absolute Gasteiger partial charge is 0.239 e. The van der Waals surface area contributed by atoms with Gasteiger partial charge in [0, 0.05) is 5.56 Å². The van der Waals surface area contributed by atoms with E-state index in [1.807, 2.05) is 0 Å². The Labute approximate surface area is 181 Å². The van der Waals surface area contributed by atoms with Crippen molar-refractivity contribution in [3.8, 4) is 11.5 Å². The molecule has 0 aliphatic heterocycles. The number of rotatable bonds is 7. The number of amides is 1. The molecule has 8 heteroatoms. The number of pyridine rings is 1. The fourth-order valence-electron chi connectivity index (χ4n) is 2.10. The molecule has 1 atom stereocenters. The SMILES string of the molecule is CC(Br)C(=O)Nc1ccc(Oc2ccc(F)cc2CO[Si](C)(C)C(C)(C)C)cn1. The van der Waals surface area contributed by atoms with Crippen LogP contribution < -0.4 is 10.1 Å². The average Bonchev–Trinajstić information content (AvgIpc) is 2.62. The Morgan fingerprint density at radius 3 is 2.52 bits per heavy atom. The summed E-state index contributed by atoms with van der Waals surface area (Å²) in [6.07, 6.45) is 1.51. The minimum absolute atomic E-state index is 0.0537. The first-order chi connectivity index (χ1) is 13.4. The lowest BCUT2D eigenvalue weighted by Gasteiger charge is -2.36. The Morgan fingerprint density at radius 1 is 1.28 bits per heavy atom. The lowest BCUT2D eigenvalue weighted by molar-refractivity contribution is -0.115. The molecule has 2 rings (SSSR count). The summed E-state index contributed by atoms with van der Waals surface area (Å²) in [4.78, 5) is 15.6. The topological polar surface area (TPSA) is 60.5 Å². The Bertz CT molecular complexity index is 852. The van der Waals surface area contributed by atoms with Crippen molar-refractivity contribution in [3.05, 3.63) is 47.9 Å². The van der Waals surface area contributed by atoms with Gasteiger partial charge >= 0.3 is 0 Å². The molecule has 1 heterocycles. The molecule has 29 heavy (non-hydrogen) atoms. The molecule has 0 radical (unpaired) electrons. The lowest BCUT2D eigenvalue weighted by atomic mass is 10.2. The molecule has 0 saturated heterocycles. The molecular weight excluding hydrogens is 455 g/mol. The first-order valence-corrected chi connectivity index (χ1v) is 13.2. The second kappa shape index (κ2) is 9.36. The van der Waals surface area contributed by atoms with E-state index in [1.54, 1.807) is 25.1 Å². The molecule has 0 spiro atoms. The number of carbonyl (C=O) groups is 1. The minimum atomic E-state index is -1.99. The highest BCUT2D eigenvalue weighted by atomic mass is 79.9. The summed E-state index contributed by atoms with van der Waals surface area (Å²) in [7, 11) is -1.99. The largest absolute Gasteiger partial charge is 0.455 e. The molecule has 0 fully saturated rings. The first kappa shape index (κ1) is 23.5. The van der Waals surface area contributed by atoms with Gasteiger partial charge in [-0.1, -0.05) is 36.7 Å². The fourth-order valence-corrected chi connectivity index (χ4v) is 3.17. The summed E-state index contributed by atoms with van der Waals surface area (Å²) in [5.74, 6) is 0.892. The van der Waals surface area contributed by atoms with Crippen LogP contribution in [0.1, 0.15) is 33.3 Å². The van der Waals surface area contributed by atoms with Crippen molar-refractivity contribution in [3.63, 3.8) is 0 Å². The normalized spacial score (nSPS) is 13.1. The Morgan fingerprint density at radius 2 is 1.97 bits per heavy atom. The van der Waals surface area contributed by atoms with Crippen LogP contribution in [-0.2, 0) is 15.8 Å². The number of halogens is 2. The lowest BCUT2D eigenvalue weighted by Crippen LogP contribution is -2.40. The number of benzene rings is 1. The molecule has 2 aromatic rings. The maximum Gasteiger partial charge on any atom is 0.239 e. The van der Waals surface area contributed by atoms with Crippen molar-refractivity contribution < 1.29 is 18.3 Å². The third kappa shape index (κ3) is 6.62. The number of aromatic nitrogens is 1. The van der Waals surface area contributed by atoms with Crippen LogP contribution in [0.15, 0.2) is 36.5 Å². The number of alkyl halides is 1. The van der Waals surface area contributed by atoms with Crippen LogP contribution in [-0.4, -0.2) is 24.0 Å². The maximum atomic E-state index is 13.8. The van der Waals surface area contributed by atoms with Crippen LogP contribution >= 0.6 is 15.9 Å². The summed E-state index contributed by atoms with van der Waals surface area (Å²) in [5.41, 5.74) is 0.639. The van der Waals surface area contributed by atoms with Crippen LogP contribution in [0, 0.1) is 5.82 Å². The Balaban J connectivity index is 2.14. The van der Waals surface area contributed by atoms with E-state index in [2.05, 4.69) is 60.1 Å². The molecule has 0 aliphatic rings. The zero-order valence-corrected chi connectivity index (χ0v) is 20.3. The van der Waals surface area contributed by atoms with Gasteiger partial charge in [-0.2, -0.15) is 0 Å². The van der Waals surface area contributed by atoms with Crippen LogP contribution in [0.4, 0.5) is 10.2 Å². The molecule has 0 aliphatic carbocycles. The van der Waals surface area contributed by atoms with Crippen LogP contribution in [0.3, 0.4) is 0 Å². The number of anilines is 1. The van der Waals surface area contributed by atoms with E-state index in [1.165, 1.54) is 18.3 Å². The van der Waals surface area contributed by atoms with Gasteiger partial charge in [0.1, 0.15) is 23.1 Å². The molecule has 0 bridgehead atoms. The van der Waals surface area contributed by atoms with Crippen LogP contribution in [0.5, 0.6) is 11.5 Å². The van der Waals surface area contributed by atoms with Crippen molar-refractivity contribution in [2.45, 2.75) is 57.3 Å². The number of ether oxygens (including phenoxy) is 1. The summed E-state index contributed by atoms with van der Waals surface area (Å²) in [5, 5.41) is 2.74. The quantitative estimate of drug-likeness (QED) is 0.373. The molecule has 0 saturated carbocycles. The number of nitrogens with zero attached hydrogens (tertiary/aromatic N) is 1. The number of nitrogens with one attached hydrogen (secondary N) is 1. The third-order valence-electron chi connectivity index (χ3n) is 4.99. The van der Waals surface area contributed by atoms with E-state index in [0.717, 1.165) is 0 Å². The van der Waals surface area contributed by atoms with Gasteiger partial charge < -0.3 is 14.5 Å². The van der Waals surface area contributed by atoms with Gasteiger partial charge in [0.25, 0.3) is 0 Å².